The maximum atomic E-state index is 12.6. The van der Waals surface area contributed by atoms with Gasteiger partial charge in [0.15, 0.2) is 5.75 Å². The average molecular weight is 221 g/mol. The molecule has 4 nitrogen and oxygen atoms in total. The Morgan fingerprint density at radius 3 is 2.80 bits per heavy atom. The number of aromatic nitrogens is 1. The molecule has 0 fully saturated rings. The van der Waals surface area contributed by atoms with Crippen molar-refractivity contribution < 1.29 is 27.8 Å². The molecule has 0 atom stereocenters. The van der Waals surface area contributed by atoms with Gasteiger partial charge in [-0.3, -0.25) is 9.78 Å². The molecule has 0 aliphatic rings. The molecule has 0 aromatic carbocycles. The third-order valence-electron chi connectivity index (χ3n) is 1.43. The lowest BCUT2D eigenvalue weighted by atomic mass is 10.2. The largest absolute Gasteiger partial charge is 0.481 e. The minimum Gasteiger partial charge on any atom is -0.481 e. The highest BCUT2D eigenvalue weighted by Crippen LogP contribution is 2.20. The minimum absolute atomic E-state index is 0.246. The maximum absolute atomic E-state index is 12.6. The van der Waals surface area contributed by atoms with Crippen molar-refractivity contribution in [3.8, 4) is 5.75 Å². The summed E-state index contributed by atoms with van der Waals surface area (Å²) in [5.74, 6) is -2.71. The number of pyridine rings is 1. The molecule has 0 amide bonds. The van der Waals surface area contributed by atoms with Crippen LogP contribution in [0.1, 0.15) is 5.69 Å². The predicted octanol–water partition coefficient (Wildman–Crippen LogP) is 1.45. The van der Waals surface area contributed by atoms with Crippen LogP contribution in [0.5, 0.6) is 5.75 Å². The van der Waals surface area contributed by atoms with Gasteiger partial charge in [-0.25, -0.2) is 4.39 Å². The smallest absolute Gasteiger partial charge is 0.387 e. The van der Waals surface area contributed by atoms with Crippen molar-refractivity contribution >= 4 is 5.97 Å². The third kappa shape index (κ3) is 3.45. The number of aliphatic carboxylic acids is 1. The van der Waals surface area contributed by atoms with Gasteiger partial charge in [0.1, 0.15) is 5.82 Å². The van der Waals surface area contributed by atoms with Crippen molar-refractivity contribution in [2.24, 2.45) is 0 Å². The summed E-state index contributed by atoms with van der Waals surface area (Å²) in [6.45, 7) is -3.15. The lowest BCUT2D eigenvalue weighted by Crippen LogP contribution is -2.09. The summed E-state index contributed by atoms with van der Waals surface area (Å²) >= 11 is 0. The lowest BCUT2D eigenvalue weighted by molar-refractivity contribution is -0.136. The van der Waals surface area contributed by atoms with Gasteiger partial charge in [-0.05, 0) is 0 Å². The van der Waals surface area contributed by atoms with E-state index in [9.17, 15) is 18.0 Å². The summed E-state index contributed by atoms with van der Waals surface area (Å²) in [7, 11) is 0. The number of halogens is 3. The normalized spacial score (nSPS) is 10.4. The highest BCUT2D eigenvalue weighted by atomic mass is 19.3. The van der Waals surface area contributed by atoms with Crippen LogP contribution in [-0.2, 0) is 11.2 Å². The zero-order valence-corrected chi connectivity index (χ0v) is 7.28. The van der Waals surface area contributed by atoms with Crippen LogP contribution >= 0.6 is 0 Å². The van der Waals surface area contributed by atoms with Crippen molar-refractivity contribution in [3.05, 3.63) is 23.8 Å². The molecule has 1 aromatic rings. The van der Waals surface area contributed by atoms with Crippen LogP contribution in [0.3, 0.4) is 0 Å². The molecule has 0 aliphatic heterocycles. The Kier molecular flexibility index (Phi) is 3.48. The van der Waals surface area contributed by atoms with E-state index in [1.165, 1.54) is 0 Å². The molecule has 7 heteroatoms. The summed E-state index contributed by atoms with van der Waals surface area (Å²) in [5.41, 5.74) is -0.246. The van der Waals surface area contributed by atoms with Gasteiger partial charge < -0.3 is 9.84 Å². The molecule has 1 rings (SSSR count). The van der Waals surface area contributed by atoms with Gasteiger partial charge in [0.05, 0.1) is 18.3 Å². The lowest BCUT2D eigenvalue weighted by Gasteiger charge is -2.07. The Morgan fingerprint density at radius 1 is 1.60 bits per heavy atom. The van der Waals surface area contributed by atoms with E-state index in [1.807, 2.05) is 0 Å². The van der Waals surface area contributed by atoms with Crippen LogP contribution in [0.25, 0.3) is 0 Å². The Balaban J connectivity index is 2.97. The first-order chi connectivity index (χ1) is 6.99. The van der Waals surface area contributed by atoms with Crippen molar-refractivity contribution in [3.63, 3.8) is 0 Å². The van der Waals surface area contributed by atoms with Crippen LogP contribution < -0.4 is 4.74 Å². The van der Waals surface area contributed by atoms with Gasteiger partial charge in [0.25, 0.3) is 0 Å². The minimum atomic E-state index is -3.15. The first-order valence-corrected chi connectivity index (χ1v) is 3.80. The predicted molar refractivity (Wildman–Crippen MR) is 42.2 cm³/mol. The van der Waals surface area contributed by atoms with E-state index >= 15 is 0 Å². The first kappa shape index (κ1) is 11.3. The molecule has 0 saturated carbocycles. The second-order valence-electron chi connectivity index (χ2n) is 2.55. The topological polar surface area (TPSA) is 59.4 Å². The van der Waals surface area contributed by atoms with E-state index in [1.54, 1.807) is 0 Å². The van der Waals surface area contributed by atoms with E-state index in [2.05, 4.69) is 9.72 Å². The third-order valence-corrected chi connectivity index (χ3v) is 1.43. The van der Waals surface area contributed by atoms with Crippen molar-refractivity contribution in [1.29, 1.82) is 0 Å². The Hall–Kier alpha value is -1.79. The second kappa shape index (κ2) is 4.63. The fourth-order valence-corrected chi connectivity index (χ4v) is 0.923. The molecule has 0 radical (unpaired) electrons. The van der Waals surface area contributed by atoms with Crippen LogP contribution in [0, 0.1) is 5.82 Å². The molecular formula is C8H6F3NO3. The molecule has 0 bridgehead atoms. The standard InChI is InChI=1S/C8H6F3NO3/c9-4-1-6(15-8(10)11)5(12-3-4)2-7(13)14/h1,3,8H,2H2,(H,13,14). The highest BCUT2D eigenvalue weighted by molar-refractivity contribution is 5.70. The van der Waals surface area contributed by atoms with Crippen LogP contribution in [0.4, 0.5) is 13.2 Å². The zero-order valence-electron chi connectivity index (χ0n) is 7.28. The molecule has 0 saturated heterocycles. The van der Waals surface area contributed by atoms with Gasteiger partial charge >= 0.3 is 12.6 Å². The van der Waals surface area contributed by atoms with Crippen LogP contribution in [-0.4, -0.2) is 22.7 Å². The fourth-order valence-electron chi connectivity index (χ4n) is 0.923. The number of hydrogen-bond donors (Lipinski definition) is 1. The summed E-state index contributed by atoms with van der Waals surface area (Å²) in [6.07, 6.45) is 0.124. The summed E-state index contributed by atoms with van der Waals surface area (Å²) in [5, 5.41) is 8.42. The SMILES string of the molecule is O=C(O)Cc1ncc(F)cc1OC(F)F. The van der Waals surface area contributed by atoms with E-state index in [-0.39, 0.29) is 5.69 Å². The number of nitrogens with zero attached hydrogens (tertiary/aromatic N) is 1. The molecule has 1 N–H and O–H groups in total. The van der Waals surface area contributed by atoms with Gasteiger partial charge in [-0.15, -0.1) is 0 Å². The number of rotatable bonds is 4. The number of hydrogen-bond acceptors (Lipinski definition) is 3. The van der Waals surface area contributed by atoms with E-state index in [4.69, 9.17) is 5.11 Å². The number of carbonyl (C=O) groups is 1. The fraction of sp³-hybridized carbons (Fsp3) is 0.250. The molecule has 82 valence electrons. The van der Waals surface area contributed by atoms with Gasteiger partial charge in [-0.1, -0.05) is 0 Å². The summed E-state index contributed by atoms with van der Waals surface area (Å²) in [4.78, 5) is 13.7. The average Bonchev–Trinajstić information content (AvgIpc) is 2.08. The molecule has 0 unspecified atom stereocenters. The maximum Gasteiger partial charge on any atom is 0.387 e. The number of ether oxygens (including phenoxy) is 1. The molecule has 0 aliphatic carbocycles. The van der Waals surface area contributed by atoms with Crippen molar-refractivity contribution in [2.75, 3.05) is 0 Å². The molecule has 0 spiro atoms. The van der Waals surface area contributed by atoms with Gasteiger partial charge in [0.2, 0.25) is 0 Å². The Bertz CT molecular complexity index is 370. The molecule has 1 aromatic heterocycles. The molecule has 1 heterocycles. The van der Waals surface area contributed by atoms with Crippen molar-refractivity contribution in [2.45, 2.75) is 13.0 Å². The van der Waals surface area contributed by atoms with Crippen LogP contribution in [0.2, 0.25) is 0 Å². The summed E-state index contributed by atoms with van der Waals surface area (Å²) in [6, 6.07) is 0.664. The number of carboxylic acids is 1. The van der Waals surface area contributed by atoms with Gasteiger partial charge in [0, 0.05) is 6.07 Å². The second-order valence-corrected chi connectivity index (χ2v) is 2.55. The zero-order chi connectivity index (χ0) is 11.4. The Labute approximate surface area is 82.3 Å². The molecule has 15 heavy (non-hydrogen) atoms. The van der Waals surface area contributed by atoms with Crippen molar-refractivity contribution in [1.82, 2.24) is 4.98 Å². The monoisotopic (exact) mass is 221 g/mol. The van der Waals surface area contributed by atoms with Crippen LogP contribution in [0.15, 0.2) is 12.3 Å². The first-order valence-electron chi connectivity index (χ1n) is 3.80. The molecular weight excluding hydrogens is 215 g/mol. The summed E-state index contributed by atoms with van der Waals surface area (Å²) < 4.78 is 40.2. The highest BCUT2D eigenvalue weighted by Gasteiger charge is 2.14. The van der Waals surface area contributed by atoms with Gasteiger partial charge in [-0.2, -0.15) is 8.78 Å². The Morgan fingerprint density at radius 2 is 2.27 bits per heavy atom. The van der Waals surface area contributed by atoms with E-state index < -0.39 is 30.6 Å². The quantitative estimate of drug-likeness (QED) is 0.835. The van der Waals surface area contributed by atoms with E-state index in [0.717, 1.165) is 6.20 Å². The van der Waals surface area contributed by atoms with E-state index in [0.29, 0.717) is 6.07 Å². The number of carboxylic acid groups (broad SMARTS) is 1. The number of alkyl halides is 2.